The molecule has 3 rings (SSSR count). The van der Waals surface area contributed by atoms with E-state index < -0.39 is 17.1 Å². The number of rotatable bonds is 5. The zero-order valence-electron chi connectivity index (χ0n) is 20.4. The Labute approximate surface area is 208 Å². The number of ether oxygens (including phenoxy) is 1. The lowest BCUT2D eigenvalue weighted by Gasteiger charge is -2.49. The molecule has 0 atom stereocenters. The summed E-state index contributed by atoms with van der Waals surface area (Å²) in [5.41, 5.74) is 0.831. The Hall–Kier alpha value is -2.94. The molecule has 0 bridgehead atoms. The van der Waals surface area contributed by atoms with Crippen LogP contribution in [0.15, 0.2) is 41.1 Å². The molecule has 0 unspecified atom stereocenters. The summed E-state index contributed by atoms with van der Waals surface area (Å²) in [7, 11) is 1.52. The van der Waals surface area contributed by atoms with Crippen molar-refractivity contribution in [2.75, 3.05) is 25.5 Å². The number of pyridine rings is 1. The molecular weight excluding hydrogens is 500 g/mol. The fourth-order valence-electron chi connectivity index (χ4n) is 4.03. The largest absolute Gasteiger partial charge is 0.444 e. The predicted octanol–water partition coefficient (Wildman–Crippen LogP) is 4.45. The lowest BCUT2D eigenvalue weighted by atomic mass is 9.70. The average molecular weight is 531 g/mol. The van der Waals surface area contributed by atoms with Crippen LogP contribution < -0.4 is 10.6 Å². The van der Waals surface area contributed by atoms with Crippen molar-refractivity contribution in [1.82, 2.24) is 15.2 Å². The number of hydrogen-bond donors (Lipinski definition) is 2. The Morgan fingerprint density at radius 3 is 2.41 bits per heavy atom. The van der Waals surface area contributed by atoms with Crippen LogP contribution in [-0.4, -0.2) is 53.5 Å². The highest BCUT2D eigenvalue weighted by Gasteiger charge is 2.54. The molecule has 2 aromatic rings. The zero-order valence-corrected chi connectivity index (χ0v) is 21.9. The maximum Gasteiger partial charge on any atom is 0.410 e. The minimum Gasteiger partial charge on any atom is -0.444 e. The van der Waals surface area contributed by atoms with E-state index in [1.165, 1.54) is 18.1 Å². The summed E-state index contributed by atoms with van der Waals surface area (Å²) >= 11 is 3.27. The van der Waals surface area contributed by atoms with Gasteiger partial charge in [-0.2, -0.15) is 0 Å². The molecule has 2 N–H and O–H groups in total. The van der Waals surface area contributed by atoms with E-state index in [0.29, 0.717) is 10.3 Å². The van der Waals surface area contributed by atoms with Crippen molar-refractivity contribution in [3.05, 3.63) is 57.8 Å². The van der Waals surface area contributed by atoms with E-state index in [1.54, 1.807) is 26.8 Å². The van der Waals surface area contributed by atoms with Gasteiger partial charge in [0.05, 0.1) is 17.4 Å². The van der Waals surface area contributed by atoms with Crippen LogP contribution in [-0.2, 0) is 14.9 Å². The summed E-state index contributed by atoms with van der Waals surface area (Å²) in [5, 5.41) is 5.49. The first-order chi connectivity index (χ1) is 15.9. The normalized spacial score (nSPS) is 14.9. The number of aromatic nitrogens is 1. The molecule has 1 saturated heterocycles. The van der Waals surface area contributed by atoms with E-state index in [9.17, 15) is 14.4 Å². The molecule has 9 heteroatoms. The first kappa shape index (κ1) is 25.7. The van der Waals surface area contributed by atoms with Crippen LogP contribution in [0.4, 0.5) is 10.5 Å². The van der Waals surface area contributed by atoms with Gasteiger partial charge < -0.3 is 20.3 Å². The van der Waals surface area contributed by atoms with Gasteiger partial charge in [-0.1, -0.05) is 38.1 Å². The smallest absolute Gasteiger partial charge is 0.410 e. The maximum atomic E-state index is 13.8. The van der Waals surface area contributed by atoms with E-state index in [1.807, 2.05) is 24.3 Å². The molecule has 0 radical (unpaired) electrons. The molecule has 1 fully saturated rings. The van der Waals surface area contributed by atoms with Crippen molar-refractivity contribution < 1.29 is 19.1 Å². The lowest BCUT2D eigenvalue weighted by molar-refractivity contribution is -0.127. The van der Waals surface area contributed by atoms with Crippen molar-refractivity contribution in [2.45, 2.75) is 51.6 Å². The van der Waals surface area contributed by atoms with Gasteiger partial charge >= 0.3 is 6.09 Å². The number of carbonyl (C=O) groups is 3. The van der Waals surface area contributed by atoms with E-state index in [2.05, 4.69) is 45.4 Å². The highest BCUT2D eigenvalue weighted by atomic mass is 79.9. The molecule has 0 saturated carbocycles. The van der Waals surface area contributed by atoms with E-state index in [4.69, 9.17) is 4.74 Å². The minimum atomic E-state index is -0.995. The van der Waals surface area contributed by atoms with Crippen LogP contribution in [0.1, 0.15) is 62.0 Å². The van der Waals surface area contributed by atoms with Crippen molar-refractivity contribution in [1.29, 1.82) is 0 Å². The topological polar surface area (TPSA) is 101 Å². The summed E-state index contributed by atoms with van der Waals surface area (Å²) in [6.07, 6.45) is 0.980. The second kappa shape index (κ2) is 9.74. The quantitative estimate of drug-likeness (QED) is 0.556. The Kier molecular flexibility index (Phi) is 7.35. The van der Waals surface area contributed by atoms with Crippen LogP contribution in [0, 0.1) is 0 Å². The molecule has 0 aliphatic carbocycles. The number of amides is 3. The molecule has 1 aliphatic rings. The van der Waals surface area contributed by atoms with Crippen LogP contribution in [0.2, 0.25) is 0 Å². The second-order valence-electron chi connectivity index (χ2n) is 9.75. The van der Waals surface area contributed by atoms with Crippen molar-refractivity contribution >= 4 is 39.5 Å². The third kappa shape index (κ3) is 5.24. The average Bonchev–Trinajstić information content (AvgIpc) is 2.72. The number of nitrogens with one attached hydrogen (secondary N) is 2. The van der Waals surface area contributed by atoms with Gasteiger partial charge in [0, 0.05) is 20.1 Å². The molecular formula is C25H31BrN4O4. The molecule has 1 aromatic heterocycles. The Balaban J connectivity index is 2.00. The monoisotopic (exact) mass is 530 g/mol. The lowest BCUT2D eigenvalue weighted by Crippen LogP contribution is -2.67. The number of benzene rings is 1. The summed E-state index contributed by atoms with van der Waals surface area (Å²) in [4.78, 5) is 44.6. The fourth-order valence-corrected chi connectivity index (χ4v) is 4.36. The molecule has 34 heavy (non-hydrogen) atoms. The second-order valence-corrected chi connectivity index (χ2v) is 10.6. The number of anilines is 1. The van der Waals surface area contributed by atoms with Gasteiger partial charge in [-0.3, -0.25) is 9.59 Å². The summed E-state index contributed by atoms with van der Waals surface area (Å²) in [6, 6.07) is 9.32. The maximum absolute atomic E-state index is 13.8. The van der Waals surface area contributed by atoms with Crippen LogP contribution in [0.5, 0.6) is 0 Å². The van der Waals surface area contributed by atoms with Crippen molar-refractivity contribution in [3.8, 4) is 0 Å². The standard InChI is InChI=1S/C25H31BrN4O4/c1-15(2)16-9-7-8-10-18(16)25(13-30(14-25)23(33)34-24(3,4)5)22(32)29-19-12-28-20(26)11-17(19)21(31)27-6/h7-12,15H,13-14H2,1-6H3,(H,27,31)(H,29,32). The summed E-state index contributed by atoms with van der Waals surface area (Å²) < 4.78 is 5.99. The SMILES string of the molecule is CNC(=O)c1cc(Br)ncc1NC(=O)C1(c2ccccc2C(C)C)CN(C(=O)OC(C)(C)C)C1. The van der Waals surface area contributed by atoms with Crippen molar-refractivity contribution in [3.63, 3.8) is 0 Å². The molecule has 8 nitrogen and oxygen atoms in total. The zero-order chi connectivity index (χ0) is 25.3. The molecule has 1 aromatic carbocycles. The van der Waals surface area contributed by atoms with E-state index >= 15 is 0 Å². The highest BCUT2D eigenvalue weighted by molar-refractivity contribution is 9.10. The first-order valence-corrected chi connectivity index (χ1v) is 11.9. The number of carbonyl (C=O) groups excluding carboxylic acids is 3. The third-order valence-corrected chi connectivity index (χ3v) is 6.13. The first-order valence-electron chi connectivity index (χ1n) is 11.1. The van der Waals surface area contributed by atoms with Gasteiger partial charge in [-0.05, 0) is 59.8 Å². The van der Waals surface area contributed by atoms with E-state index in [0.717, 1.165) is 11.1 Å². The number of hydrogen-bond acceptors (Lipinski definition) is 5. The fraction of sp³-hybridized carbons (Fsp3) is 0.440. The van der Waals surface area contributed by atoms with Gasteiger partial charge in [0.15, 0.2) is 0 Å². The highest BCUT2D eigenvalue weighted by Crippen LogP contribution is 2.40. The van der Waals surface area contributed by atoms with E-state index in [-0.39, 0.29) is 36.4 Å². The number of nitrogens with zero attached hydrogens (tertiary/aromatic N) is 2. The van der Waals surface area contributed by atoms with Gasteiger partial charge in [-0.25, -0.2) is 9.78 Å². The van der Waals surface area contributed by atoms with Crippen molar-refractivity contribution in [2.24, 2.45) is 0 Å². The third-order valence-electron chi connectivity index (χ3n) is 5.70. The molecule has 3 amide bonds. The van der Waals surface area contributed by atoms with Gasteiger partial charge in [0.2, 0.25) is 5.91 Å². The molecule has 1 aliphatic heterocycles. The number of halogens is 1. The van der Waals surface area contributed by atoms with Gasteiger partial charge in [0.1, 0.15) is 15.6 Å². The Morgan fingerprint density at radius 2 is 1.82 bits per heavy atom. The Morgan fingerprint density at radius 1 is 1.18 bits per heavy atom. The summed E-state index contributed by atoms with van der Waals surface area (Å²) in [5.74, 6) is -0.485. The van der Waals surface area contributed by atoms with Gasteiger partial charge in [0.25, 0.3) is 5.91 Å². The van der Waals surface area contributed by atoms with Crippen LogP contribution >= 0.6 is 15.9 Å². The predicted molar refractivity (Wildman–Crippen MR) is 134 cm³/mol. The molecule has 0 spiro atoms. The molecule has 182 valence electrons. The molecule has 2 heterocycles. The van der Waals surface area contributed by atoms with Crippen LogP contribution in [0.3, 0.4) is 0 Å². The van der Waals surface area contributed by atoms with Gasteiger partial charge in [-0.15, -0.1) is 0 Å². The number of likely N-dealkylation sites (tertiary alicyclic amines) is 1. The minimum absolute atomic E-state index is 0.163. The Bertz CT molecular complexity index is 1100. The summed E-state index contributed by atoms with van der Waals surface area (Å²) in [6.45, 7) is 9.88. The van der Waals surface area contributed by atoms with Crippen LogP contribution in [0.25, 0.3) is 0 Å².